The van der Waals surface area contributed by atoms with Crippen molar-refractivity contribution in [3.8, 4) is 0 Å². The van der Waals surface area contributed by atoms with Gasteiger partial charge in [-0.25, -0.2) is 8.78 Å². The number of hydrogen-bond donors (Lipinski definition) is 2. The summed E-state index contributed by atoms with van der Waals surface area (Å²) in [5.74, 6) is -2.04. The van der Waals surface area contributed by atoms with E-state index in [1.807, 2.05) is 25.3 Å². The van der Waals surface area contributed by atoms with Crippen LogP contribution in [-0.2, 0) is 11.3 Å². The SMILES string of the molecule is CCn1c(SCC(=O)Nc2c(F)cc(F)cc2Br)nnc1[C@@H](NC(=O)c1ccccc1Cl)C(C)C. The van der Waals surface area contributed by atoms with E-state index in [1.54, 1.807) is 24.3 Å². The minimum Gasteiger partial charge on any atom is -0.342 e. The van der Waals surface area contributed by atoms with Gasteiger partial charge in [0.05, 0.1) is 28.1 Å². The molecule has 0 bridgehead atoms. The summed E-state index contributed by atoms with van der Waals surface area (Å²) < 4.78 is 29.2. The molecule has 3 rings (SSSR count). The number of benzene rings is 2. The van der Waals surface area contributed by atoms with Gasteiger partial charge in [0.25, 0.3) is 5.91 Å². The summed E-state index contributed by atoms with van der Waals surface area (Å²) in [6, 6.07) is 8.06. The van der Waals surface area contributed by atoms with Crippen molar-refractivity contribution in [2.45, 2.75) is 38.5 Å². The molecule has 0 aliphatic carbocycles. The Morgan fingerprint density at radius 3 is 2.54 bits per heavy atom. The fraction of sp³-hybridized carbons (Fsp3) is 0.304. The van der Waals surface area contributed by atoms with E-state index in [9.17, 15) is 18.4 Å². The Labute approximate surface area is 219 Å². The van der Waals surface area contributed by atoms with E-state index in [2.05, 4.69) is 36.8 Å². The number of carbonyl (C=O) groups is 2. The van der Waals surface area contributed by atoms with Gasteiger partial charge in [0.1, 0.15) is 5.82 Å². The van der Waals surface area contributed by atoms with Gasteiger partial charge in [-0.2, -0.15) is 0 Å². The fourth-order valence-electron chi connectivity index (χ4n) is 3.30. The zero-order valence-electron chi connectivity index (χ0n) is 19.1. The smallest absolute Gasteiger partial charge is 0.253 e. The van der Waals surface area contributed by atoms with Gasteiger partial charge in [-0.05, 0) is 47.0 Å². The summed E-state index contributed by atoms with van der Waals surface area (Å²) in [5.41, 5.74) is 0.213. The van der Waals surface area contributed by atoms with Crippen LogP contribution in [0.25, 0.3) is 0 Å². The van der Waals surface area contributed by atoms with E-state index in [-0.39, 0.29) is 27.7 Å². The normalized spacial score (nSPS) is 12.0. The van der Waals surface area contributed by atoms with Crippen molar-refractivity contribution >= 4 is 56.8 Å². The summed E-state index contributed by atoms with van der Waals surface area (Å²) in [6.45, 7) is 6.29. The van der Waals surface area contributed by atoms with Crippen LogP contribution in [0.3, 0.4) is 0 Å². The lowest BCUT2D eigenvalue weighted by Crippen LogP contribution is -2.34. The number of amides is 2. The molecule has 35 heavy (non-hydrogen) atoms. The molecule has 186 valence electrons. The molecular weight excluding hydrogens is 564 g/mol. The molecule has 2 N–H and O–H groups in total. The summed E-state index contributed by atoms with van der Waals surface area (Å²) in [5, 5.41) is 14.7. The van der Waals surface area contributed by atoms with Gasteiger partial charge in [-0.3, -0.25) is 9.59 Å². The summed E-state index contributed by atoms with van der Waals surface area (Å²) in [4.78, 5) is 25.3. The third-order valence-corrected chi connectivity index (χ3v) is 6.94. The van der Waals surface area contributed by atoms with Crippen LogP contribution in [0.15, 0.2) is 46.0 Å². The van der Waals surface area contributed by atoms with Gasteiger partial charge in [0.2, 0.25) is 5.91 Å². The minimum atomic E-state index is -0.886. The molecule has 12 heteroatoms. The number of thioether (sulfide) groups is 1. The first-order valence-corrected chi connectivity index (χ1v) is 12.8. The number of aromatic nitrogens is 3. The van der Waals surface area contributed by atoms with Crippen LogP contribution in [-0.4, -0.2) is 32.3 Å². The van der Waals surface area contributed by atoms with Gasteiger partial charge >= 0.3 is 0 Å². The van der Waals surface area contributed by atoms with Crippen LogP contribution in [0.5, 0.6) is 0 Å². The first-order valence-electron chi connectivity index (χ1n) is 10.7. The lowest BCUT2D eigenvalue weighted by molar-refractivity contribution is -0.113. The topological polar surface area (TPSA) is 88.9 Å². The molecule has 0 spiro atoms. The average Bonchev–Trinajstić information content (AvgIpc) is 3.20. The van der Waals surface area contributed by atoms with Gasteiger partial charge in [-0.1, -0.05) is 49.3 Å². The van der Waals surface area contributed by atoms with Crippen molar-refractivity contribution in [3.63, 3.8) is 0 Å². The molecule has 0 aliphatic rings. The number of anilines is 1. The van der Waals surface area contributed by atoms with Crippen molar-refractivity contribution in [1.29, 1.82) is 0 Å². The molecule has 0 fully saturated rings. The summed E-state index contributed by atoms with van der Waals surface area (Å²) >= 11 is 10.3. The van der Waals surface area contributed by atoms with Crippen LogP contribution in [0.2, 0.25) is 5.02 Å². The van der Waals surface area contributed by atoms with Gasteiger partial charge in [0, 0.05) is 17.1 Å². The maximum Gasteiger partial charge on any atom is 0.253 e. The largest absolute Gasteiger partial charge is 0.342 e. The van der Waals surface area contributed by atoms with Crippen LogP contribution in [0.1, 0.15) is 43.0 Å². The third kappa shape index (κ3) is 6.59. The molecule has 3 aromatic rings. The number of nitrogens with zero attached hydrogens (tertiary/aromatic N) is 3. The number of rotatable bonds is 9. The number of hydrogen-bond acceptors (Lipinski definition) is 5. The van der Waals surface area contributed by atoms with Crippen molar-refractivity contribution in [1.82, 2.24) is 20.1 Å². The second-order valence-electron chi connectivity index (χ2n) is 7.84. The lowest BCUT2D eigenvalue weighted by Gasteiger charge is -2.22. The molecular formula is C23H23BrClF2N5O2S. The molecule has 0 saturated heterocycles. The first-order chi connectivity index (χ1) is 16.6. The number of halogens is 4. The summed E-state index contributed by atoms with van der Waals surface area (Å²) in [6.07, 6.45) is 0. The Balaban J connectivity index is 1.74. The maximum absolute atomic E-state index is 14.0. The zero-order chi connectivity index (χ0) is 25.7. The minimum absolute atomic E-state index is 0.0177. The van der Waals surface area contributed by atoms with E-state index < -0.39 is 23.6 Å². The highest BCUT2D eigenvalue weighted by atomic mass is 79.9. The predicted molar refractivity (Wildman–Crippen MR) is 136 cm³/mol. The van der Waals surface area contributed by atoms with Crippen LogP contribution in [0.4, 0.5) is 14.5 Å². The highest BCUT2D eigenvalue weighted by Crippen LogP contribution is 2.29. The van der Waals surface area contributed by atoms with E-state index in [1.165, 1.54) is 0 Å². The highest BCUT2D eigenvalue weighted by molar-refractivity contribution is 9.10. The molecule has 0 saturated carbocycles. The standard InChI is InChI=1S/C23H23BrClF2N5O2S/c1-4-32-21(19(12(2)3)29-22(34)14-7-5-6-8-16(14)25)30-31-23(32)35-11-18(33)28-20-15(24)9-13(26)10-17(20)27/h5-10,12,19H,4,11H2,1-3H3,(H,28,33)(H,29,34)/t19-/m0/s1. The second-order valence-corrected chi connectivity index (χ2v) is 10.0. The molecule has 0 unspecified atom stereocenters. The van der Waals surface area contributed by atoms with Gasteiger partial charge in [-0.15, -0.1) is 10.2 Å². The van der Waals surface area contributed by atoms with E-state index in [0.717, 1.165) is 17.8 Å². The number of nitrogens with one attached hydrogen (secondary N) is 2. The number of carbonyl (C=O) groups excluding carboxylic acids is 2. The van der Waals surface area contributed by atoms with Gasteiger partial charge in [0.15, 0.2) is 16.8 Å². The predicted octanol–water partition coefficient (Wildman–Crippen LogP) is 5.85. The Morgan fingerprint density at radius 2 is 1.91 bits per heavy atom. The zero-order valence-corrected chi connectivity index (χ0v) is 22.3. The summed E-state index contributed by atoms with van der Waals surface area (Å²) in [7, 11) is 0. The molecule has 1 atom stereocenters. The van der Waals surface area contributed by atoms with E-state index in [0.29, 0.717) is 34.2 Å². The quantitative estimate of drug-likeness (QED) is 0.307. The Kier molecular flexibility index (Phi) is 9.26. The Hall–Kier alpha value is -2.50. The molecule has 1 aromatic heterocycles. The van der Waals surface area contributed by atoms with Crippen LogP contribution in [0, 0.1) is 17.6 Å². The monoisotopic (exact) mass is 585 g/mol. The van der Waals surface area contributed by atoms with Crippen molar-refractivity contribution in [3.05, 3.63) is 68.9 Å². The average molecular weight is 587 g/mol. The van der Waals surface area contributed by atoms with Crippen molar-refractivity contribution in [2.75, 3.05) is 11.1 Å². The third-order valence-electron chi connectivity index (χ3n) is 5.02. The van der Waals surface area contributed by atoms with E-state index in [4.69, 9.17) is 11.6 Å². The second kappa shape index (κ2) is 12.0. The highest BCUT2D eigenvalue weighted by Gasteiger charge is 2.27. The maximum atomic E-state index is 14.0. The van der Waals surface area contributed by atoms with Crippen LogP contribution >= 0.6 is 39.3 Å². The molecule has 2 aromatic carbocycles. The van der Waals surface area contributed by atoms with Crippen LogP contribution < -0.4 is 10.6 Å². The lowest BCUT2D eigenvalue weighted by atomic mass is 10.0. The van der Waals surface area contributed by atoms with Gasteiger partial charge < -0.3 is 15.2 Å². The Bertz CT molecular complexity index is 1220. The Morgan fingerprint density at radius 1 is 1.20 bits per heavy atom. The molecule has 0 aliphatic heterocycles. The van der Waals surface area contributed by atoms with Crippen molar-refractivity contribution in [2.24, 2.45) is 5.92 Å². The molecule has 7 nitrogen and oxygen atoms in total. The molecule has 1 heterocycles. The molecule has 2 amide bonds. The molecule has 0 radical (unpaired) electrons. The first kappa shape index (κ1) is 27.1. The fourth-order valence-corrected chi connectivity index (χ4v) is 4.83. The van der Waals surface area contributed by atoms with E-state index >= 15 is 0 Å². The van der Waals surface area contributed by atoms with Crippen molar-refractivity contribution < 1.29 is 18.4 Å².